The van der Waals surface area contributed by atoms with E-state index in [1.807, 2.05) is 7.05 Å². The average molecular weight is 231 g/mol. The third kappa shape index (κ3) is 1.82. The maximum absolute atomic E-state index is 11.1. The van der Waals surface area contributed by atoms with Crippen LogP contribution in [-0.4, -0.2) is 15.6 Å². The molecule has 0 fully saturated rings. The molecule has 0 radical (unpaired) electrons. The predicted molar refractivity (Wildman–Crippen MR) is 68.6 cm³/mol. The number of carboxylic acid groups (broad SMARTS) is 1. The molecule has 3 heteroatoms. The second-order valence-electron chi connectivity index (χ2n) is 4.31. The van der Waals surface area contributed by atoms with Crippen molar-refractivity contribution in [1.29, 1.82) is 0 Å². The van der Waals surface area contributed by atoms with Gasteiger partial charge in [0, 0.05) is 18.6 Å². The monoisotopic (exact) mass is 231 g/mol. The van der Waals surface area contributed by atoms with Gasteiger partial charge in [0.15, 0.2) is 0 Å². The Kier molecular flexibility index (Phi) is 2.92. The first-order valence-electron chi connectivity index (χ1n) is 5.92. The summed E-state index contributed by atoms with van der Waals surface area (Å²) in [4.78, 5) is 11.1. The molecule has 0 aliphatic heterocycles. The Morgan fingerprint density at radius 1 is 1.24 bits per heavy atom. The molecule has 0 spiro atoms. The molecule has 0 bridgehead atoms. The fraction of sp³-hybridized carbons (Fsp3) is 0.357. The topological polar surface area (TPSA) is 42.2 Å². The maximum atomic E-state index is 11.1. The Hall–Kier alpha value is -1.77. The van der Waals surface area contributed by atoms with Crippen molar-refractivity contribution in [2.24, 2.45) is 7.05 Å². The van der Waals surface area contributed by atoms with Gasteiger partial charge in [-0.05, 0) is 36.1 Å². The molecule has 3 nitrogen and oxygen atoms in total. The third-order valence-electron chi connectivity index (χ3n) is 3.25. The maximum Gasteiger partial charge on any atom is 0.335 e. The normalized spacial score (nSPS) is 11.0. The van der Waals surface area contributed by atoms with Crippen molar-refractivity contribution < 1.29 is 9.90 Å². The van der Waals surface area contributed by atoms with Gasteiger partial charge >= 0.3 is 5.97 Å². The molecular weight excluding hydrogens is 214 g/mol. The van der Waals surface area contributed by atoms with Gasteiger partial charge in [0.1, 0.15) is 0 Å². The number of fused-ring (bicyclic) bond motifs is 1. The van der Waals surface area contributed by atoms with Crippen LogP contribution in [0.3, 0.4) is 0 Å². The number of benzene rings is 1. The lowest BCUT2D eigenvalue weighted by Crippen LogP contribution is -1.99. The van der Waals surface area contributed by atoms with E-state index < -0.39 is 5.97 Å². The summed E-state index contributed by atoms with van der Waals surface area (Å²) in [7, 11) is 2.01. The molecule has 1 N–H and O–H groups in total. The van der Waals surface area contributed by atoms with Crippen LogP contribution in [0.4, 0.5) is 0 Å². The molecule has 17 heavy (non-hydrogen) atoms. The fourth-order valence-electron chi connectivity index (χ4n) is 2.40. The van der Waals surface area contributed by atoms with Crippen molar-refractivity contribution >= 4 is 16.9 Å². The Balaban J connectivity index is 2.84. The molecule has 1 aromatic heterocycles. The van der Waals surface area contributed by atoms with E-state index in [1.165, 1.54) is 5.56 Å². The van der Waals surface area contributed by atoms with Crippen LogP contribution in [0.2, 0.25) is 0 Å². The minimum atomic E-state index is -0.854. The zero-order chi connectivity index (χ0) is 12.6. The van der Waals surface area contributed by atoms with Crippen molar-refractivity contribution in [1.82, 2.24) is 4.57 Å². The van der Waals surface area contributed by atoms with Crippen molar-refractivity contribution in [3.63, 3.8) is 0 Å². The van der Waals surface area contributed by atoms with Crippen LogP contribution in [-0.2, 0) is 19.9 Å². The van der Waals surface area contributed by atoms with Gasteiger partial charge in [0.2, 0.25) is 0 Å². The van der Waals surface area contributed by atoms with Gasteiger partial charge < -0.3 is 9.67 Å². The molecule has 0 amide bonds. The lowest BCUT2D eigenvalue weighted by molar-refractivity contribution is 0.0697. The van der Waals surface area contributed by atoms with Crippen LogP contribution in [0, 0.1) is 0 Å². The Labute approximate surface area is 101 Å². The molecule has 0 atom stereocenters. The summed E-state index contributed by atoms with van der Waals surface area (Å²) in [6.07, 6.45) is 3.86. The minimum absolute atomic E-state index is 0.384. The molecule has 0 saturated heterocycles. The van der Waals surface area contributed by atoms with E-state index in [2.05, 4.69) is 24.6 Å². The standard InChI is InChI=1S/C14H17NO2/c1-4-9-6-11(14(16)17)7-12-10(5-2)8-15(3)13(9)12/h6-8H,4-5H2,1-3H3,(H,16,17). The molecule has 2 rings (SSSR count). The van der Waals surface area contributed by atoms with Gasteiger partial charge in [0.05, 0.1) is 11.1 Å². The van der Waals surface area contributed by atoms with E-state index in [9.17, 15) is 4.79 Å². The number of rotatable bonds is 3. The zero-order valence-corrected chi connectivity index (χ0v) is 10.4. The first-order valence-corrected chi connectivity index (χ1v) is 5.92. The lowest BCUT2D eigenvalue weighted by atomic mass is 10.0. The summed E-state index contributed by atoms with van der Waals surface area (Å²) in [6, 6.07) is 3.57. The number of aromatic nitrogens is 1. The van der Waals surface area contributed by atoms with Crippen molar-refractivity contribution in [3.8, 4) is 0 Å². The average Bonchev–Trinajstić information content (AvgIpc) is 2.65. The summed E-state index contributed by atoms with van der Waals surface area (Å²) < 4.78 is 2.10. The first-order chi connectivity index (χ1) is 8.08. The van der Waals surface area contributed by atoms with Crippen LogP contribution in [0.5, 0.6) is 0 Å². The number of hydrogen-bond donors (Lipinski definition) is 1. The smallest absolute Gasteiger partial charge is 0.335 e. The molecule has 0 aliphatic rings. The molecule has 0 aliphatic carbocycles. The van der Waals surface area contributed by atoms with Gasteiger partial charge in [-0.15, -0.1) is 0 Å². The summed E-state index contributed by atoms with van der Waals surface area (Å²) in [5.41, 5.74) is 3.85. The summed E-state index contributed by atoms with van der Waals surface area (Å²) >= 11 is 0. The first kappa shape index (κ1) is 11.7. The van der Waals surface area contributed by atoms with Gasteiger partial charge in [0.25, 0.3) is 0 Å². The summed E-state index contributed by atoms with van der Waals surface area (Å²) in [6.45, 7) is 4.15. The van der Waals surface area contributed by atoms with Crippen molar-refractivity contribution in [2.75, 3.05) is 0 Å². The molecule has 1 heterocycles. The van der Waals surface area contributed by atoms with Crippen LogP contribution >= 0.6 is 0 Å². The van der Waals surface area contributed by atoms with Crippen molar-refractivity contribution in [2.45, 2.75) is 26.7 Å². The van der Waals surface area contributed by atoms with Gasteiger partial charge in [-0.2, -0.15) is 0 Å². The third-order valence-corrected chi connectivity index (χ3v) is 3.25. The minimum Gasteiger partial charge on any atom is -0.478 e. The number of hydrogen-bond acceptors (Lipinski definition) is 1. The number of aromatic carboxylic acids is 1. The second kappa shape index (κ2) is 4.24. The molecule has 2 aromatic rings. The van der Waals surface area contributed by atoms with Crippen LogP contribution < -0.4 is 0 Å². The number of nitrogens with zero attached hydrogens (tertiary/aromatic N) is 1. The van der Waals surface area contributed by atoms with Gasteiger partial charge in [-0.3, -0.25) is 0 Å². The van der Waals surface area contributed by atoms with Crippen molar-refractivity contribution in [3.05, 3.63) is 35.0 Å². The molecule has 0 saturated carbocycles. The highest BCUT2D eigenvalue weighted by molar-refractivity contribution is 5.96. The van der Waals surface area contributed by atoms with Crippen LogP contribution in [0.1, 0.15) is 35.3 Å². The van der Waals surface area contributed by atoms with Crippen LogP contribution in [0.15, 0.2) is 18.3 Å². The quantitative estimate of drug-likeness (QED) is 0.882. The highest BCUT2D eigenvalue weighted by atomic mass is 16.4. The van der Waals surface area contributed by atoms with E-state index in [1.54, 1.807) is 12.1 Å². The van der Waals surface area contributed by atoms with Crippen LogP contribution in [0.25, 0.3) is 10.9 Å². The number of carbonyl (C=O) groups is 1. The van der Waals surface area contributed by atoms with E-state index in [0.717, 1.165) is 29.3 Å². The Bertz CT molecular complexity index is 581. The second-order valence-corrected chi connectivity index (χ2v) is 4.31. The molecular formula is C14H17NO2. The zero-order valence-electron chi connectivity index (χ0n) is 10.4. The Morgan fingerprint density at radius 2 is 1.88 bits per heavy atom. The number of aryl methyl sites for hydroxylation is 3. The molecule has 90 valence electrons. The van der Waals surface area contributed by atoms with E-state index in [4.69, 9.17) is 5.11 Å². The molecule has 0 unspecified atom stereocenters. The largest absolute Gasteiger partial charge is 0.478 e. The predicted octanol–water partition coefficient (Wildman–Crippen LogP) is 3.00. The highest BCUT2D eigenvalue weighted by Crippen LogP contribution is 2.26. The van der Waals surface area contributed by atoms with E-state index >= 15 is 0 Å². The highest BCUT2D eigenvalue weighted by Gasteiger charge is 2.13. The summed E-state index contributed by atoms with van der Waals surface area (Å²) in [5, 5.41) is 10.2. The SMILES string of the molecule is CCc1cn(C)c2c(CC)cc(C(=O)O)cc12. The molecule has 1 aromatic carbocycles. The fourth-order valence-corrected chi connectivity index (χ4v) is 2.40. The van der Waals surface area contributed by atoms with E-state index in [-0.39, 0.29) is 0 Å². The van der Waals surface area contributed by atoms with E-state index in [0.29, 0.717) is 5.56 Å². The van der Waals surface area contributed by atoms with Gasteiger partial charge in [-0.1, -0.05) is 13.8 Å². The Morgan fingerprint density at radius 3 is 2.41 bits per heavy atom. The number of carboxylic acids is 1. The summed E-state index contributed by atoms with van der Waals surface area (Å²) in [5.74, 6) is -0.854. The van der Waals surface area contributed by atoms with Gasteiger partial charge in [-0.25, -0.2) is 4.79 Å². The lowest BCUT2D eigenvalue weighted by Gasteiger charge is -2.06.